The maximum atomic E-state index is 13.4. The lowest BCUT2D eigenvalue weighted by molar-refractivity contribution is -0.129. The predicted octanol–water partition coefficient (Wildman–Crippen LogP) is 4.04. The van der Waals surface area contributed by atoms with Gasteiger partial charge in [0.1, 0.15) is 17.7 Å². The van der Waals surface area contributed by atoms with E-state index in [0.29, 0.717) is 5.56 Å². The summed E-state index contributed by atoms with van der Waals surface area (Å²) in [7, 11) is 1.70. The molecule has 170 valence electrons. The Balaban J connectivity index is 1.92. The third-order valence-electron chi connectivity index (χ3n) is 5.31. The number of nitrogens with one attached hydrogen (secondary N) is 2. The highest BCUT2D eigenvalue weighted by Crippen LogP contribution is 2.39. The molecule has 3 rings (SSSR count). The molecule has 0 unspecified atom stereocenters. The topological polar surface area (TPSA) is 87.7 Å². The molecule has 0 bridgehead atoms. The van der Waals surface area contributed by atoms with Crippen LogP contribution in [0.3, 0.4) is 0 Å². The lowest BCUT2D eigenvalue weighted by Crippen LogP contribution is -2.53. The van der Waals surface area contributed by atoms with Gasteiger partial charge in [0.05, 0.1) is 5.69 Å². The zero-order chi connectivity index (χ0) is 23.6. The number of hydrogen-bond donors (Lipinski definition) is 2. The van der Waals surface area contributed by atoms with Crippen molar-refractivity contribution in [1.29, 1.82) is 0 Å². The Kier molecular flexibility index (Phi) is 6.57. The van der Waals surface area contributed by atoms with Gasteiger partial charge in [-0.1, -0.05) is 56.3 Å². The molecule has 2 aromatic rings. The highest BCUT2D eigenvalue weighted by atomic mass is 16.6. The minimum atomic E-state index is -0.891. The second-order valence-corrected chi connectivity index (χ2v) is 9.31. The van der Waals surface area contributed by atoms with Gasteiger partial charge in [0.25, 0.3) is 5.91 Å². The van der Waals surface area contributed by atoms with Gasteiger partial charge in [0.2, 0.25) is 5.91 Å². The summed E-state index contributed by atoms with van der Waals surface area (Å²) < 4.78 is 5.31. The predicted molar refractivity (Wildman–Crippen MR) is 124 cm³/mol. The number of para-hydroxylation sites is 1. The first kappa shape index (κ1) is 23.3. The van der Waals surface area contributed by atoms with Crippen molar-refractivity contribution in [1.82, 2.24) is 10.6 Å². The average molecular weight is 438 g/mol. The van der Waals surface area contributed by atoms with Gasteiger partial charge in [-0.2, -0.15) is 0 Å². The van der Waals surface area contributed by atoms with Crippen LogP contribution in [0.4, 0.5) is 10.5 Å². The highest BCUT2D eigenvalue weighted by molar-refractivity contribution is 6.06. The molecule has 7 heteroatoms. The van der Waals surface area contributed by atoms with Crippen LogP contribution in [-0.2, 0) is 14.3 Å². The number of amides is 3. The Labute approximate surface area is 189 Å². The van der Waals surface area contributed by atoms with Crippen LogP contribution in [0.25, 0.3) is 11.1 Å². The van der Waals surface area contributed by atoms with Crippen molar-refractivity contribution >= 4 is 23.6 Å². The molecule has 0 saturated heterocycles. The van der Waals surface area contributed by atoms with E-state index in [2.05, 4.69) is 10.6 Å². The Morgan fingerprint density at radius 3 is 2.22 bits per heavy atom. The second kappa shape index (κ2) is 9.02. The number of carbonyl (C=O) groups is 3. The van der Waals surface area contributed by atoms with Crippen LogP contribution in [0.2, 0.25) is 0 Å². The molecule has 2 aromatic carbocycles. The minimum absolute atomic E-state index is 0.214. The van der Waals surface area contributed by atoms with Crippen LogP contribution in [0.15, 0.2) is 48.5 Å². The van der Waals surface area contributed by atoms with E-state index in [4.69, 9.17) is 4.74 Å². The Morgan fingerprint density at radius 1 is 1.00 bits per heavy atom. The van der Waals surface area contributed by atoms with Crippen molar-refractivity contribution in [2.45, 2.75) is 52.3 Å². The molecule has 1 aliphatic heterocycles. The van der Waals surface area contributed by atoms with E-state index in [-0.39, 0.29) is 11.8 Å². The molecule has 2 N–H and O–H groups in total. The van der Waals surface area contributed by atoms with Gasteiger partial charge >= 0.3 is 6.09 Å². The summed E-state index contributed by atoms with van der Waals surface area (Å²) in [6.07, 6.45) is -0.677. The van der Waals surface area contributed by atoms with Crippen molar-refractivity contribution < 1.29 is 19.1 Å². The summed E-state index contributed by atoms with van der Waals surface area (Å²) in [5.74, 6) is -0.914. The molecule has 0 spiro atoms. The largest absolute Gasteiger partial charge is 0.444 e. The van der Waals surface area contributed by atoms with Crippen LogP contribution in [0.1, 0.15) is 46.2 Å². The molecular formula is C25H31N3O4. The Hall–Kier alpha value is -3.35. The van der Waals surface area contributed by atoms with Gasteiger partial charge in [-0.05, 0) is 43.9 Å². The summed E-state index contributed by atoms with van der Waals surface area (Å²) in [5, 5.41) is 5.53. The average Bonchev–Trinajstić information content (AvgIpc) is 2.80. The van der Waals surface area contributed by atoms with Crippen LogP contribution in [0.5, 0.6) is 0 Å². The number of hydrogen-bond acceptors (Lipinski definition) is 4. The van der Waals surface area contributed by atoms with E-state index < -0.39 is 29.7 Å². The van der Waals surface area contributed by atoms with Gasteiger partial charge in [-0.3, -0.25) is 9.59 Å². The third kappa shape index (κ3) is 4.93. The molecule has 32 heavy (non-hydrogen) atoms. The molecule has 0 saturated carbocycles. The number of anilines is 1. The smallest absolute Gasteiger partial charge is 0.408 e. The normalized spacial score (nSPS) is 16.5. The zero-order valence-electron chi connectivity index (χ0n) is 19.4. The first-order valence-corrected chi connectivity index (χ1v) is 10.8. The SMILES string of the molecule is CC(C)[C@H](NC(=O)OC(C)(C)C)C(=O)N[C@@H]1C(=O)N(C)c2ccccc2-c2ccccc21. The number of ether oxygens (including phenoxy) is 1. The first-order valence-electron chi connectivity index (χ1n) is 10.8. The van der Waals surface area contributed by atoms with E-state index in [1.807, 2.05) is 62.4 Å². The maximum Gasteiger partial charge on any atom is 0.408 e. The van der Waals surface area contributed by atoms with E-state index >= 15 is 0 Å². The molecule has 0 aromatic heterocycles. The summed E-state index contributed by atoms with van der Waals surface area (Å²) in [4.78, 5) is 40.5. The zero-order valence-corrected chi connectivity index (χ0v) is 19.4. The quantitative estimate of drug-likeness (QED) is 0.756. The van der Waals surface area contributed by atoms with Crippen LogP contribution >= 0.6 is 0 Å². The number of nitrogens with zero attached hydrogens (tertiary/aromatic N) is 1. The fourth-order valence-electron chi connectivity index (χ4n) is 3.77. The number of carbonyl (C=O) groups excluding carboxylic acids is 3. The second-order valence-electron chi connectivity index (χ2n) is 9.31. The monoisotopic (exact) mass is 437 g/mol. The summed E-state index contributed by atoms with van der Waals surface area (Å²) in [6, 6.07) is 13.4. The van der Waals surface area contributed by atoms with Crippen molar-refractivity contribution in [2.75, 3.05) is 11.9 Å². The lowest BCUT2D eigenvalue weighted by Gasteiger charge is -2.28. The number of likely N-dealkylation sites (N-methyl/N-ethyl adjacent to an activating group) is 1. The van der Waals surface area contributed by atoms with Crippen LogP contribution in [0, 0.1) is 5.92 Å². The summed E-state index contributed by atoms with van der Waals surface area (Å²) in [5.41, 5.74) is 2.60. The minimum Gasteiger partial charge on any atom is -0.444 e. The van der Waals surface area contributed by atoms with Crippen molar-refractivity contribution in [3.63, 3.8) is 0 Å². The lowest BCUT2D eigenvalue weighted by atomic mass is 9.94. The van der Waals surface area contributed by atoms with Gasteiger partial charge in [-0.15, -0.1) is 0 Å². The van der Waals surface area contributed by atoms with Gasteiger partial charge in [0, 0.05) is 12.6 Å². The number of alkyl carbamates (subject to hydrolysis) is 1. The van der Waals surface area contributed by atoms with Crippen molar-refractivity contribution in [3.05, 3.63) is 54.1 Å². The maximum absolute atomic E-state index is 13.4. The molecule has 7 nitrogen and oxygen atoms in total. The molecule has 2 atom stereocenters. The van der Waals surface area contributed by atoms with Crippen molar-refractivity contribution in [3.8, 4) is 11.1 Å². The fraction of sp³-hybridized carbons (Fsp3) is 0.400. The van der Waals surface area contributed by atoms with Gasteiger partial charge in [0.15, 0.2) is 0 Å². The molecule has 3 amide bonds. The number of benzene rings is 2. The number of rotatable bonds is 4. The molecular weight excluding hydrogens is 406 g/mol. The van der Waals surface area contributed by atoms with Crippen LogP contribution in [-0.4, -0.2) is 36.6 Å². The highest BCUT2D eigenvalue weighted by Gasteiger charge is 2.36. The fourth-order valence-corrected chi connectivity index (χ4v) is 3.77. The van der Waals surface area contributed by atoms with Gasteiger partial charge < -0.3 is 20.3 Å². The molecule has 0 aliphatic carbocycles. The first-order chi connectivity index (χ1) is 15.0. The molecule has 0 fully saturated rings. The van der Waals surface area contributed by atoms with Crippen molar-refractivity contribution in [2.24, 2.45) is 5.92 Å². The molecule has 0 radical (unpaired) electrons. The van der Waals surface area contributed by atoms with E-state index in [1.165, 1.54) is 0 Å². The molecule has 1 heterocycles. The summed E-state index contributed by atoms with van der Waals surface area (Å²) >= 11 is 0. The van der Waals surface area contributed by atoms with E-state index in [1.54, 1.807) is 32.7 Å². The third-order valence-corrected chi connectivity index (χ3v) is 5.31. The van der Waals surface area contributed by atoms with Crippen LogP contribution < -0.4 is 15.5 Å². The van der Waals surface area contributed by atoms with E-state index in [9.17, 15) is 14.4 Å². The Morgan fingerprint density at radius 2 is 1.59 bits per heavy atom. The standard InChI is InChI=1S/C25H31N3O4/c1-15(2)20(27-24(31)32-25(3,4)5)22(29)26-21-18-13-8-7-11-16(18)17-12-9-10-14-19(17)28(6)23(21)30/h7-15,20-21H,1-6H3,(H,26,29)(H,27,31)/t20-,21-/m0/s1. The van der Waals surface area contributed by atoms with Gasteiger partial charge in [-0.25, -0.2) is 4.79 Å². The molecule has 1 aliphatic rings. The van der Waals surface area contributed by atoms with E-state index in [0.717, 1.165) is 16.8 Å². The Bertz CT molecular complexity index is 1030. The number of fused-ring (bicyclic) bond motifs is 3. The summed E-state index contributed by atoms with van der Waals surface area (Å²) in [6.45, 7) is 8.92.